The van der Waals surface area contributed by atoms with E-state index in [-0.39, 0.29) is 40.1 Å². The van der Waals surface area contributed by atoms with Crippen molar-refractivity contribution in [3.8, 4) is 11.5 Å². The number of carbonyl (C=O) groups is 3. The Bertz CT molecular complexity index is 1470. The molecule has 37 heavy (non-hydrogen) atoms. The van der Waals surface area contributed by atoms with Gasteiger partial charge in [0.05, 0.1) is 22.7 Å². The van der Waals surface area contributed by atoms with Crippen LogP contribution in [0.15, 0.2) is 66.2 Å². The van der Waals surface area contributed by atoms with Crippen LogP contribution in [-0.2, 0) is 16.2 Å². The van der Waals surface area contributed by atoms with Gasteiger partial charge < -0.3 is 9.47 Å². The molecular weight excluding hydrogens is 502 g/mol. The molecule has 1 aliphatic rings. The predicted octanol–water partition coefficient (Wildman–Crippen LogP) is 4.81. The summed E-state index contributed by atoms with van der Waals surface area (Å²) in [4.78, 5) is 49.2. The fraction of sp³-hybridized carbons (Fsp3) is 0.115. The van der Waals surface area contributed by atoms with E-state index in [2.05, 4.69) is 5.32 Å². The Hall–Kier alpha value is -4.70. The van der Waals surface area contributed by atoms with Crippen LogP contribution in [0.4, 0.5) is 16.2 Å². The molecule has 10 nitrogen and oxygen atoms in total. The third kappa shape index (κ3) is 5.44. The minimum absolute atomic E-state index is 0.0643. The summed E-state index contributed by atoms with van der Waals surface area (Å²) in [6.07, 6.45) is 1.24. The molecule has 0 radical (unpaired) electrons. The molecule has 1 fully saturated rings. The molecule has 188 valence electrons. The summed E-state index contributed by atoms with van der Waals surface area (Å²) in [5.74, 6) is -1.33. The number of carbonyl (C=O) groups excluding carboxylic acids is 3. The number of rotatable bonds is 7. The first-order chi connectivity index (χ1) is 17.7. The Labute approximate surface area is 216 Å². The van der Waals surface area contributed by atoms with Gasteiger partial charge in [0.2, 0.25) is 0 Å². The van der Waals surface area contributed by atoms with Crippen molar-refractivity contribution in [3.63, 3.8) is 0 Å². The Morgan fingerprint density at radius 3 is 2.54 bits per heavy atom. The lowest BCUT2D eigenvalue weighted by Crippen LogP contribution is -2.54. The van der Waals surface area contributed by atoms with Gasteiger partial charge in [-0.3, -0.25) is 25.0 Å². The standard InChI is InChI=1S/C26H20ClN3O7/c1-15-5-3-6-16(9-15)14-37-23-21(27)11-17(12-22(23)36-2)10-20-24(31)28-26(33)29(25(20)32)18-7-4-8-19(13-18)30(34)35/h3-13H,14H2,1-2H3,(H,28,31,33)/b20-10+. The third-order valence-electron chi connectivity index (χ3n) is 5.43. The van der Waals surface area contributed by atoms with Crippen LogP contribution in [0.3, 0.4) is 0 Å². The van der Waals surface area contributed by atoms with Gasteiger partial charge in [0, 0.05) is 12.1 Å². The number of barbiturate groups is 1. The minimum Gasteiger partial charge on any atom is -0.493 e. The van der Waals surface area contributed by atoms with Crippen molar-refractivity contribution in [2.75, 3.05) is 12.0 Å². The van der Waals surface area contributed by atoms with E-state index in [0.717, 1.165) is 17.2 Å². The van der Waals surface area contributed by atoms with Crippen LogP contribution < -0.4 is 19.7 Å². The maximum absolute atomic E-state index is 13.1. The molecule has 11 heteroatoms. The Morgan fingerprint density at radius 2 is 1.84 bits per heavy atom. The lowest BCUT2D eigenvalue weighted by atomic mass is 10.1. The highest BCUT2D eigenvalue weighted by Crippen LogP contribution is 2.38. The number of aryl methyl sites for hydroxylation is 1. The molecule has 0 saturated carbocycles. The van der Waals surface area contributed by atoms with E-state index in [1.54, 1.807) is 0 Å². The number of amides is 4. The average molecular weight is 522 g/mol. The van der Waals surface area contributed by atoms with Gasteiger partial charge in [-0.15, -0.1) is 0 Å². The van der Waals surface area contributed by atoms with Gasteiger partial charge in [-0.05, 0) is 42.3 Å². The van der Waals surface area contributed by atoms with E-state index in [1.807, 2.05) is 31.2 Å². The summed E-state index contributed by atoms with van der Waals surface area (Å²) < 4.78 is 11.3. The predicted molar refractivity (Wildman–Crippen MR) is 136 cm³/mol. The molecule has 0 bridgehead atoms. The monoisotopic (exact) mass is 521 g/mol. The number of ether oxygens (including phenoxy) is 2. The van der Waals surface area contributed by atoms with E-state index in [1.165, 1.54) is 43.5 Å². The van der Waals surface area contributed by atoms with Crippen LogP contribution in [0, 0.1) is 17.0 Å². The zero-order chi connectivity index (χ0) is 26.7. The van der Waals surface area contributed by atoms with Crippen LogP contribution >= 0.6 is 11.6 Å². The van der Waals surface area contributed by atoms with E-state index >= 15 is 0 Å². The molecule has 0 unspecified atom stereocenters. The topological polar surface area (TPSA) is 128 Å². The lowest BCUT2D eigenvalue weighted by molar-refractivity contribution is -0.384. The Kier molecular flexibility index (Phi) is 7.21. The summed E-state index contributed by atoms with van der Waals surface area (Å²) in [6, 6.07) is 14.7. The van der Waals surface area contributed by atoms with E-state index < -0.39 is 22.8 Å². The summed E-state index contributed by atoms with van der Waals surface area (Å²) in [5.41, 5.74) is 1.58. The molecule has 4 rings (SSSR count). The van der Waals surface area contributed by atoms with E-state index in [0.29, 0.717) is 10.5 Å². The summed E-state index contributed by atoms with van der Waals surface area (Å²) >= 11 is 6.45. The molecule has 4 amide bonds. The number of urea groups is 1. The zero-order valence-electron chi connectivity index (χ0n) is 19.7. The summed E-state index contributed by atoms with van der Waals surface area (Å²) in [6.45, 7) is 2.20. The number of non-ortho nitro benzene ring substituents is 1. The van der Waals surface area contributed by atoms with Crippen LogP contribution in [0.1, 0.15) is 16.7 Å². The van der Waals surface area contributed by atoms with Gasteiger partial charge in [-0.2, -0.15) is 0 Å². The number of hydrogen-bond donors (Lipinski definition) is 1. The highest BCUT2D eigenvalue weighted by atomic mass is 35.5. The third-order valence-corrected chi connectivity index (χ3v) is 5.71. The van der Waals surface area contributed by atoms with Crippen LogP contribution in [0.5, 0.6) is 11.5 Å². The number of nitrogens with zero attached hydrogens (tertiary/aromatic N) is 2. The number of benzene rings is 3. The molecule has 1 aliphatic heterocycles. The van der Waals surface area contributed by atoms with Crippen molar-refractivity contribution in [1.82, 2.24) is 5.32 Å². The maximum atomic E-state index is 13.1. The number of nitro benzene ring substituents is 1. The minimum atomic E-state index is -1.02. The zero-order valence-corrected chi connectivity index (χ0v) is 20.4. The normalized spacial score (nSPS) is 14.5. The highest BCUT2D eigenvalue weighted by Gasteiger charge is 2.37. The van der Waals surface area contributed by atoms with Crippen molar-refractivity contribution in [3.05, 3.63) is 98.1 Å². The van der Waals surface area contributed by atoms with Crippen molar-refractivity contribution < 1.29 is 28.8 Å². The van der Waals surface area contributed by atoms with Crippen molar-refractivity contribution in [2.24, 2.45) is 0 Å². The second kappa shape index (κ2) is 10.5. The van der Waals surface area contributed by atoms with Gasteiger partial charge in [0.15, 0.2) is 11.5 Å². The van der Waals surface area contributed by atoms with Crippen molar-refractivity contribution >= 4 is 46.9 Å². The van der Waals surface area contributed by atoms with Crippen molar-refractivity contribution in [1.29, 1.82) is 0 Å². The quantitative estimate of drug-likeness (QED) is 0.204. The molecule has 3 aromatic carbocycles. The first-order valence-electron chi connectivity index (χ1n) is 10.9. The molecule has 0 spiro atoms. The maximum Gasteiger partial charge on any atom is 0.335 e. The van der Waals surface area contributed by atoms with Crippen LogP contribution in [-0.4, -0.2) is 29.9 Å². The Morgan fingerprint density at radius 1 is 1.08 bits per heavy atom. The SMILES string of the molecule is COc1cc(/C=C2\C(=O)NC(=O)N(c3cccc([N+](=O)[O-])c3)C2=O)cc(Cl)c1OCc1cccc(C)c1. The molecular formula is C26H20ClN3O7. The molecule has 1 heterocycles. The molecule has 1 N–H and O–H groups in total. The average Bonchev–Trinajstić information content (AvgIpc) is 2.85. The number of hydrogen-bond acceptors (Lipinski definition) is 7. The number of nitro groups is 1. The first-order valence-corrected chi connectivity index (χ1v) is 11.3. The second-order valence-corrected chi connectivity index (χ2v) is 8.45. The summed E-state index contributed by atoms with van der Waals surface area (Å²) in [7, 11) is 1.42. The highest BCUT2D eigenvalue weighted by molar-refractivity contribution is 6.39. The van der Waals surface area contributed by atoms with Gasteiger partial charge >= 0.3 is 6.03 Å². The molecule has 3 aromatic rings. The summed E-state index contributed by atoms with van der Waals surface area (Å²) in [5, 5.41) is 13.4. The molecule has 0 aromatic heterocycles. The van der Waals surface area contributed by atoms with Gasteiger partial charge in [0.1, 0.15) is 12.2 Å². The molecule has 1 saturated heterocycles. The first kappa shape index (κ1) is 25.4. The number of anilines is 1. The van der Waals surface area contributed by atoms with E-state index in [4.69, 9.17) is 21.1 Å². The van der Waals surface area contributed by atoms with Crippen LogP contribution in [0.25, 0.3) is 6.08 Å². The number of imide groups is 2. The van der Waals surface area contributed by atoms with E-state index in [9.17, 15) is 24.5 Å². The molecule has 0 atom stereocenters. The lowest BCUT2D eigenvalue weighted by Gasteiger charge is -2.26. The fourth-order valence-corrected chi connectivity index (χ4v) is 4.00. The number of nitrogens with one attached hydrogen (secondary N) is 1. The van der Waals surface area contributed by atoms with Crippen LogP contribution in [0.2, 0.25) is 5.02 Å². The van der Waals surface area contributed by atoms with Gasteiger partial charge in [-0.1, -0.05) is 47.5 Å². The Balaban J connectivity index is 1.65. The number of halogens is 1. The second-order valence-electron chi connectivity index (χ2n) is 8.05. The van der Waals surface area contributed by atoms with Crippen molar-refractivity contribution in [2.45, 2.75) is 13.5 Å². The smallest absolute Gasteiger partial charge is 0.335 e. The fourth-order valence-electron chi connectivity index (χ4n) is 3.72. The largest absolute Gasteiger partial charge is 0.493 e. The molecule has 0 aliphatic carbocycles. The van der Waals surface area contributed by atoms with Gasteiger partial charge in [0.25, 0.3) is 17.5 Å². The number of methoxy groups -OCH3 is 1. The van der Waals surface area contributed by atoms with Gasteiger partial charge in [-0.25, -0.2) is 9.69 Å².